The monoisotopic (exact) mass is 661 g/mol. The molecule has 0 radical (unpaired) electrons. The molecule has 0 bridgehead atoms. The van der Waals surface area contributed by atoms with Crippen molar-refractivity contribution in [2.45, 2.75) is 118 Å². The number of carbonyl (C=O) groups excluding carboxylic acids is 2. The van der Waals surface area contributed by atoms with E-state index in [1.165, 1.54) is 0 Å². The van der Waals surface area contributed by atoms with E-state index in [1.807, 2.05) is 0 Å². The highest BCUT2D eigenvalue weighted by molar-refractivity contribution is 6.67. The van der Waals surface area contributed by atoms with Crippen molar-refractivity contribution < 1.29 is 37.7 Å². The lowest BCUT2D eigenvalue weighted by molar-refractivity contribution is -0.150. The van der Waals surface area contributed by atoms with Crippen LogP contribution in [-0.4, -0.2) is 61.7 Å². The second-order valence-corrected chi connectivity index (χ2v) is 12.9. The van der Waals surface area contributed by atoms with Gasteiger partial charge in [0, 0.05) is 19.0 Å². The van der Waals surface area contributed by atoms with E-state index < -0.39 is 46.4 Å². The Balaban J connectivity index is 1.45. The number of hydrogen-bond acceptors (Lipinski definition) is 9. The van der Waals surface area contributed by atoms with Crippen LogP contribution in [0.5, 0.6) is 0 Å². The first kappa shape index (κ1) is 36.5. The van der Waals surface area contributed by atoms with Gasteiger partial charge in [0.05, 0.1) is 0 Å². The number of nitrogens with two attached hydrogens (primary N) is 1. The van der Waals surface area contributed by atoms with Gasteiger partial charge in [0.2, 0.25) is 10.0 Å². The normalized spacial score (nSPS) is 20.0. The van der Waals surface area contributed by atoms with Gasteiger partial charge in [-0.1, -0.05) is 99.0 Å². The van der Waals surface area contributed by atoms with Crippen molar-refractivity contribution in [3.05, 3.63) is 22.7 Å². The van der Waals surface area contributed by atoms with Gasteiger partial charge in [-0.15, -0.1) is 0 Å². The molecule has 1 aromatic heterocycles. The minimum absolute atomic E-state index is 0.134. The lowest BCUT2D eigenvalue weighted by atomic mass is 10.0. The molecule has 42 heavy (non-hydrogen) atoms. The third-order valence-electron chi connectivity index (χ3n) is 6.80. The molecule has 0 unspecified atom stereocenters. The summed E-state index contributed by atoms with van der Waals surface area (Å²) in [5.74, 6) is -4.86. The zero-order valence-electron chi connectivity index (χ0n) is 23.5. The molecule has 1 aliphatic rings. The number of aliphatic hydroxyl groups is 1. The van der Waals surface area contributed by atoms with Crippen LogP contribution in [0, 0.1) is 0 Å². The molecule has 240 valence electrons. The highest BCUT2D eigenvalue weighted by atomic mass is 35.6. The number of nitrogens with zero attached hydrogens (tertiary/aromatic N) is 2. The van der Waals surface area contributed by atoms with Crippen molar-refractivity contribution in [1.82, 2.24) is 9.55 Å². The van der Waals surface area contributed by atoms with E-state index in [1.54, 1.807) is 0 Å². The van der Waals surface area contributed by atoms with Gasteiger partial charge in [-0.2, -0.15) is 13.8 Å². The minimum Gasteiger partial charge on any atom is -0.463 e. The number of ether oxygens (including phenoxy) is 3. The third-order valence-corrected chi connectivity index (χ3v) is 7.13. The van der Waals surface area contributed by atoms with Gasteiger partial charge in [-0.05, 0) is 18.9 Å². The number of hydrogen-bond donors (Lipinski definition) is 2. The zero-order chi connectivity index (χ0) is 31.2. The molecular formula is C27H40Cl3F2N3O7. The summed E-state index contributed by atoms with van der Waals surface area (Å²) in [6.45, 7) is -0.803. The fraction of sp³-hybridized carbons (Fsp3) is 0.778. The molecule has 0 saturated carbocycles. The molecule has 0 aromatic carbocycles. The highest BCUT2D eigenvalue weighted by Crippen LogP contribution is 2.42. The summed E-state index contributed by atoms with van der Waals surface area (Å²) in [4.78, 5) is 38.9. The van der Waals surface area contributed by atoms with Crippen molar-refractivity contribution in [2.24, 2.45) is 0 Å². The standard InChI is InChI=1S/C27H40Cl3F2N3O7/c28-26(29,30)18-41-22(37)14-12-10-8-6-4-2-1-3-5-7-9-11-13-21(36)40-17-19-23(38)27(31,32)24(42-19)35-16-15-20(33)34-25(35)39/h15-16,19,23-24,38H,1-14,17-18H2,(H2,33,34,39)/t19-,23-,24-/m1/s1. The molecule has 1 fully saturated rings. The van der Waals surface area contributed by atoms with E-state index in [4.69, 9.17) is 54.7 Å². The maximum absolute atomic E-state index is 14.5. The van der Waals surface area contributed by atoms with Gasteiger partial charge in [0.25, 0.3) is 0 Å². The Kier molecular flexibility index (Phi) is 15.8. The molecule has 2 heterocycles. The third kappa shape index (κ3) is 13.3. The van der Waals surface area contributed by atoms with Crippen molar-refractivity contribution in [3.63, 3.8) is 0 Å². The topological polar surface area (TPSA) is 143 Å². The molecule has 1 aliphatic heterocycles. The predicted molar refractivity (Wildman–Crippen MR) is 155 cm³/mol. The fourth-order valence-corrected chi connectivity index (χ4v) is 4.66. The molecule has 0 amide bonds. The van der Waals surface area contributed by atoms with Crippen LogP contribution >= 0.6 is 34.8 Å². The van der Waals surface area contributed by atoms with Gasteiger partial charge in [-0.25, -0.2) is 4.79 Å². The molecule has 0 spiro atoms. The number of unbranched alkanes of at least 4 members (excludes halogenated alkanes) is 11. The van der Waals surface area contributed by atoms with Crippen molar-refractivity contribution in [1.29, 1.82) is 0 Å². The number of nitrogen functional groups attached to an aromatic ring is 1. The average molecular weight is 663 g/mol. The summed E-state index contributed by atoms with van der Waals surface area (Å²) in [6.07, 6.45) is 7.51. The van der Waals surface area contributed by atoms with Crippen LogP contribution in [0.1, 0.15) is 96.1 Å². The Morgan fingerprint density at radius 2 is 1.43 bits per heavy atom. The summed E-state index contributed by atoms with van der Waals surface area (Å²) in [7, 11) is 0. The molecule has 3 N–H and O–H groups in total. The van der Waals surface area contributed by atoms with E-state index >= 15 is 0 Å². The number of rotatable bonds is 19. The van der Waals surface area contributed by atoms with Crippen LogP contribution in [-0.2, 0) is 23.8 Å². The van der Waals surface area contributed by atoms with Crippen LogP contribution < -0.4 is 11.4 Å². The van der Waals surface area contributed by atoms with Gasteiger partial charge in [0.1, 0.15) is 25.1 Å². The van der Waals surface area contributed by atoms with Crippen LogP contribution in [0.25, 0.3) is 0 Å². The van der Waals surface area contributed by atoms with Crippen LogP contribution in [0.3, 0.4) is 0 Å². The Morgan fingerprint density at radius 3 is 1.90 bits per heavy atom. The number of alkyl halides is 5. The number of halogens is 5. The Morgan fingerprint density at radius 1 is 0.952 bits per heavy atom. The second-order valence-electron chi connectivity index (χ2n) is 10.4. The maximum Gasteiger partial charge on any atom is 0.351 e. The summed E-state index contributed by atoms with van der Waals surface area (Å²) in [5, 5.41) is 10.0. The molecule has 15 heteroatoms. The van der Waals surface area contributed by atoms with E-state index in [0.29, 0.717) is 17.4 Å². The molecule has 0 aliphatic carbocycles. The lowest BCUT2D eigenvalue weighted by Crippen LogP contribution is -2.42. The Labute approximate surface area is 259 Å². The van der Waals surface area contributed by atoms with Crippen LogP contribution in [0.2, 0.25) is 0 Å². The van der Waals surface area contributed by atoms with Gasteiger partial charge < -0.3 is 25.1 Å². The highest BCUT2D eigenvalue weighted by Gasteiger charge is 2.60. The Hall–Kier alpha value is -1.73. The summed E-state index contributed by atoms with van der Waals surface area (Å²) in [5.41, 5.74) is 4.33. The Bertz CT molecular complexity index is 1040. The van der Waals surface area contributed by atoms with E-state index in [-0.39, 0.29) is 24.8 Å². The summed E-state index contributed by atoms with van der Waals surface area (Å²) in [6, 6.07) is 1.16. The molecule has 3 atom stereocenters. The zero-order valence-corrected chi connectivity index (χ0v) is 25.7. The molecule has 10 nitrogen and oxygen atoms in total. The van der Waals surface area contributed by atoms with Gasteiger partial charge >= 0.3 is 23.6 Å². The van der Waals surface area contributed by atoms with Gasteiger partial charge in [-0.3, -0.25) is 14.2 Å². The molecule has 1 saturated heterocycles. The fourth-order valence-electron chi connectivity index (χ4n) is 4.50. The SMILES string of the molecule is Nc1ccn([C@@H]2O[C@H](COC(=O)CCCCCCCCCCCCCCC(=O)OCC(Cl)(Cl)Cl)[C@@H](O)C2(F)F)c(=O)n1. The summed E-state index contributed by atoms with van der Waals surface area (Å²) < 4.78 is 43.1. The van der Waals surface area contributed by atoms with Crippen molar-refractivity contribution in [3.8, 4) is 0 Å². The summed E-state index contributed by atoms with van der Waals surface area (Å²) >= 11 is 16.6. The first-order valence-corrected chi connectivity index (χ1v) is 15.4. The number of anilines is 1. The smallest absolute Gasteiger partial charge is 0.351 e. The second kappa shape index (κ2) is 18.2. The molecular weight excluding hydrogens is 623 g/mol. The largest absolute Gasteiger partial charge is 0.463 e. The average Bonchev–Trinajstić information content (AvgIpc) is 3.14. The molecule has 2 rings (SSSR count). The van der Waals surface area contributed by atoms with E-state index in [9.17, 15) is 28.3 Å². The first-order chi connectivity index (χ1) is 19.8. The number of aromatic nitrogens is 2. The van der Waals surface area contributed by atoms with Crippen molar-refractivity contribution >= 4 is 52.6 Å². The first-order valence-electron chi connectivity index (χ1n) is 14.2. The van der Waals surface area contributed by atoms with E-state index in [0.717, 1.165) is 82.9 Å². The molecule has 1 aromatic rings. The number of carbonyl (C=O) groups is 2. The number of aliphatic hydroxyl groups excluding tert-OH is 1. The number of esters is 2. The van der Waals surface area contributed by atoms with Crippen LogP contribution in [0.15, 0.2) is 17.1 Å². The van der Waals surface area contributed by atoms with Crippen molar-refractivity contribution in [2.75, 3.05) is 18.9 Å². The predicted octanol–water partition coefficient (Wildman–Crippen LogP) is 5.64. The maximum atomic E-state index is 14.5. The van der Waals surface area contributed by atoms with E-state index in [2.05, 4.69) is 4.98 Å². The quantitative estimate of drug-likeness (QED) is 0.109. The lowest BCUT2D eigenvalue weighted by Gasteiger charge is -2.20. The van der Waals surface area contributed by atoms with Gasteiger partial charge in [0.15, 0.2) is 6.10 Å². The van der Waals surface area contributed by atoms with Crippen LogP contribution in [0.4, 0.5) is 14.6 Å². The minimum atomic E-state index is -3.80.